The van der Waals surface area contributed by atoms with Crippen molar-refractivity contribution in [2.75, 3.05) is 6.54 Å². The summed E-state index contributed by atoms with van der Waals surface area (Å²) in [7, 11) is 0. The number of rotatable bonds is 5. The standard InChI is InChI=1S/C18H25FN2O.ClH/c1-12-8-15(19)3-2-14(12)6-7-20-18(22)11-13-9-16-4-5-17(10-13)21-16;/h2-3,8,13,16-17,21H,4-7,9-11H2,1H3,(H,20,22);1H. The first kappa shape index (κ1) is 18.2. The number of benzene rings is 1. The highest BCUT2D eigenvalue weighted by Crippen LogP contribution is 2.32. The van der Waals surface area contributed by atoms with Crippen LogP contribution in [0.15, 0.2) is 18.2 Å². The fraction of sp³-hybridized carbons (Fsp3) is 0.611. The number of carbonyl (C=O) groups excluding carboxylic acids is 1. The SMILES string of the molecule is Cc1cc(F)ccc1CCNC(=O)CC1CC2CCC(C1)N2.Cl. The van der Waals surface area contributed by atoms with Crippen molar-refractivity contribution >= 4 is 18.3 Å². The van der Waals surface area contributed by atoms with E-state index in [1.807, 2.05) is 6.92 Å². The maximum absolute atomic E-state index is 13.1. The van der Waals surface area contributed by atoms with Crippen molar-refractivity contribution in [1.29, 1.82) is 0 Å². The van der Waals surface area contributed by atoms with E-state index >= 15 is 0 Å². The summed E-state index contributed by atoms with van der Waals surface area (Å²) in [6.07, 6.45) is 6.23. The van der Waals surface area contributed by atoms with Gasteiger partial charge in [-0.1, -0.05) is 6.07 Å². The molecule has 2 N–H and O–H groups in total. The van der Waals surface area contributed by atoms with Crippen molar-refractivity contribution in [2.24, 2.45) is 5.92 Å². The minimum atomic E-state index is -0.203. The molecule has 1 amide bonds. The van der Waals surface area contributed by atoms with E-state index in [9.17, 15) is 9.18 Å². The Morgan fingerprint density at radius 1 is 1.30 bits per heavy atom. The van der Waals surface area contributed by atoms with Crippen LogP contribution in [0.25, 0.3) is 0 Å². The van der Waals surface area contributed by atoms with Crippen molar-refractivity contribution in [3.63, 3.8) is 0 Å². The highest BCUT2D eigenvalue weighted by molar-refractivity contribution is 5.85. The number of amides is 1. The third-order valence-corrected chi connectivity index (χ3v) is 5.07. The molecule has 2 unspecified atom stereocenters. The molecule has 23 heavy (non-hydrogen) atoms. The molecule has 2 aliphatic rings. The predicted molar refractivity (Wildman–Crippen MR) is 92.4 cm³/mol. The summed E-state index contributed by atoms with van der Waals surface area (Å²) in [6.45, 7) is 2.54. The molecule has 128 valence electrons. The van der Waals surface area contributed by atoms with Crippen molar-refractivity contribution in [2.45, 2.75) is 57.5 Å². The first-order chi connectivity index (χ1) is 10.6. The lowest BCUT2D eigenvalue weighted by Crippen LogP contribution is -2.39. The number of hydrogen-bond acceptors (Lipinski definition) is 2. The molecule has 2 atom stereocenters. The van der Waals surface area contributed by atoms with E-state index in [4.69, 9.17) is 0 Å². The third-order valence-electron chi connectivity index (χ3n) is 5.07. The maximum Gasteiger partial charge on any atom is 0.220 e. The van der Waals surface area contributed by atoms with Gasteiger partial charge in [0.05, 0.1) is 0 Å². The van der Waals surface area contributed by atoms with E-state index in [1.54, 1.807) is 12.1 Å². The van der Waals surface area contributed by atoms with E-state index in [2.05, 4.69) is 10.6 Å². The lowest BCUT2D eigenvalue weighted by molar-refractivity contribution is -0.122. The molecule has 2 saturated heterocycles. The van der Waals surface area contributed by atoms with Crippen LogP contribution in [0, 0.1) is 18.7 Å². The van der Waals surface area contributed by atoms with Crippen LogP contribution >= 0.6 is 12.4 Å². The van der Waals surface area contributed by atoms with Crippen LogP contribution < -0.4 is 10.6 Å². The Morgan fingerprint density at radius 3 is 2.65 bits per heavy atom. The highest BCUT2D eigenvalue weighted by atomic mass is 35.5. The molecule has 0 radical (unpaired) electrons. The second-order valence-corrected chi connectivity index (χ2v) is 6.85. The normalized spacial score (nSPS) is 25.7. The lowest BCUT2D eigenvalue weighted by atomic mass is 9.89. The fourth-order valence-electron chi connectivity index (χ4n) is 3.95. The Kier molecular flexibility index (Phi) is 6.42. The minimum Gasteiger partial charge on any atom is -0.356 e. The average Bonchev–Trinajstić information content (AvgIpc) is 2.80. The van der Waals surface area contributed by atoms with Crippen LogP contribution in [0.2, 0.25) is 0 Å². The first-order valence-electron chi connectivity index (χ1n) is 8.38. The molecular weight excluding hydrogens is 315 g/mol. The predicted octanol–water partition coefficient (Wildman–Crippen LogP) is 3.14. The van der Waals surface area contributed by atoms with Gasteiger partial charge in [-0.05, 0) is 68.2 Å². The Bertz CT molecular complexity index is 540. The number of hydrogen-bond donors (Lipinski definition) is 2. The lowest BCUT2D eigenvalue weighted by Gasteiger charge is -2.28. The maximum atomic E-state index is 13.1. The molecule has 2 heterocycles. The number of halogens is 2. The second-order valence-electron chi connectivity index (χ2n) is 6.85. The van der Waals surface area contributed by atoms with Gasteiger partial charge in [0.1, 0.15) is 5.82 Å². The van der Waals surface area contributed by atoms with Gasteiger partial charge in [0.25, 0.3) is 0 Å². The summed E-state index contributed by atoms with van der Waals surface area (Å²) in [5.41, 5.74) is 2.05. The minimum absolute atomic E-state index is 0. The molecule has 5 heteroatoms. The summed E-state index contributed by atoms with van der Waals surface area (Å²) in [5.74, 6) is 0.489. The molecule has 0 aromatic heterocycles. The van der Waals surface area contributed by atoms with Crippen molar-refractivity contribution in [3.8, 4) is 0 Å². The quantitative estimate of drug-likeness (QED) is 0.864. The third kappa shape index (κ3) is 4.92. The molecule has 2 aliphatic heterocycles. The van der Waals surface area contributed by atoms with Gasteiger partial charge < -0.3 is 10.6 Å². The number of carbonyl (C=O) groups is 1. The number of nitrogens with one attached hydrogen (secondary N) is 2. The van der Waals surface area contributed by atoms with Crippen molar-refractivity contribution in [1.82, 2.24) is 10.6 Å². The van der Waals surface area contributed by atoms with Gasteiger partial charge in [-0.15, -0.1) is 12.4 Å². The molecule has 0 saturated carbocycles. The van der Waals surface area contributed by atoms with E-state index in [1.165, 1.54) is 18.9 Å². The van der Waals surface area contributed by atoms with Crippen LogP contribution in [0.3, 0.4) is 0 Å². The van der Waals surface area contributed by atoms with Crippen molar-refractivity contribution in [3.05, 3.63) is 35.1 Å². The first-order valence-corrected chi connectivity index (χ1v) is 8.38. The largest absolute Gasteiger partial charge is 0.356 e. The molecular formula is C18H26ClFN2O. The summed E-state index contributed by atoms with van der Waals surface area (Å²) < 4.78 is 13.1. The van der Waals surface area contributed by atoms with E-state index < -0.39 is 0 Å². The molecule has 1 aromatic carbocycles. The average molecular weight is 341 g/mol. The Morgan fingerprint density at radius 2 is 2.00 bits per heavy atom. The van der Waals surface area contributed by atoms with E-state index in [0.717, 1.165) is 30.4 Å². The number of fused-ring (bicyclic) bond motifs is 2. The number of piperidine rings is 1. The van der Waals surface area contributed by atoms with E-state index in [-0.39, 0.29) is 24.1 Å². The van der Waals surface area contributed by atoms with Crippen LogP contribution in [-0.4, -0.2) is 24.5 Å². The molecule has 0 spiro atoms. The fourth-order valence-corrected chi connectivity index (χ4v) is 3.95. The zero-order valence-corrected chi connectivity index (χ0v) is 14.4. The molecule has 1 aromatic rings. The zero-order valence-electron chi connectivity index (χ0n) is 13.6. The van der Waals surface area contributed by atoms with Crippen LogP contribution in [0.1, 0.15) is 43.2 Å². The van der Waals surface area contributed by atoms with Gasteiger partial charge >= 0.3 is 0 Å². The Balaban J connectivity index is 0.00000192. The van der Waals surface area contributed by atoms with Gasteiger partial charge in [-0.25, -0.2) is 4.39 Å². The molecule has 2 bridgehead atoms. The topological polar surface area (TPSA) is 41.1 Å². The summed E-state index contributed by atoms with van der Waals surface area (Å²) in [6, 6.07) is 6.11. The summed E-state index contributed by atoms with van der Waals surface area (Å²) >= 11 is 0. The van der Waals surface area contributed by atoms with E-state index in [0.29, 0.717) is 31.0 Å². The van der Waals surface area contributed by atoms with Crippen molar-refractivity contribution < 1.29 is 9.18 Å². The van der Waals surface area contributed by atoms with Gasteiger partial charge in [-0.3, -0.25) is 4.79 Å². The van der Waals surface area contributed by atoms with Crippen LogP contribution in [-0.2, 0) is 11.2 Å². The van der Waals surface area contributed by atoms with Gasteiger partial charge in [-0.2, -0.15) is 0 Å². The van der Waals surface area contributed by atoms with Gasteiger partial charge in [0, 0.05) is 25.0 Å². The van der Waals surface area contributed by atoms with Crippen LogP contribution in [0.5, 0.6) is 0 Å². The Hall–Kier alpha value is -1.13. The smallest absolute Gasteiger partial charge is 0.220 e. The number of aryl methyl sites for hydroxylation is 1. The molecule has 3 rings (SSSR count). The molecule has 3 nitrogen and oxygen atoms in total. The monoisotopic (exact) mass is 340 g/mol. The second kappa shape index (κ2) is 8.11. The molecule has 2 fully saturated rings. The summed E-state index contributed by atoms with van der Waals surface area (Å²) in [5, 5.41) is 6.62. The highest BCUT2D eigenvalue weighted by Gasteiger charge is 2.34. The van der Waals surface area contributed by atoms with Gasteiger partial charge in [0.2, 0.25) is 5.91 Å². The molecule has 0 aliphatic carbocycles. The Labute approximate surface area is 143 Å². The summed E-state index contributed by atoms with van der Waals surface area (Å²) in [4.78, 5) is 12.1. The van der Waals surface area contributed by atoms with Gasteiger partial charge in [0.15, 0.2) is 0 Å². The zero-order chi connectivity index (χ0) is 15.5. The van der Waals surface area contributed by atoms with Crippen LogP contribution in [0.4, 0.5) is 4.39 Å².